The van der Waals surface area contributed by atoms with Crippen molar-refractivity contribution in [2.45, 2.75) is 6.42 Å². The zero-order valence-electron chi connectivity index (χ0n) is 8.10. The minimum Gasteiger partial charge on any atom is -0.461 e. The number of rotatable bonds is 4. The lowest BCUT2D eigenvalue weighted by atomic mass is 10.1. The van der Waals surface area contributed by atoms with E-state index in [0.717, 1.165) is 0 Å². The van der Waals surface area contributed by atoms with E-state index < -0.39 is 5.97 Å². The fourth-order valence-corrected chi connectivity index (χ4v) is 1.07. The Bertz CT molecular complexity index is 402. The molecule has 15 heavy (non-hydrogen) atoms. The van der Waals surface area contributed by atoms with Gasteiger partial charge in [-0.05, 0) is 6.07 Å². The fourth-order valence-electron chi connectivity index (χ4n) is 1.07. The number of benzene rings is 1. The van der Waals surface area contributed by atoms with Crippen LogP contribution in [0.1, 0.15) is 27.1 Å². The number of carbonyl (C=O) groups is 2. The monoisotopic (exact) mass is 202 g/mol. The van der Waals surface area contributed by atoms with Crippen LogP contribution in [0.4, 0.5) is 0 Å². The van der Waals surface area contributed by atoms with E-state index in [0.29, 0.717) is 18.3 Å². The zero-order chi connectivity index (χ0) is 11.1. The van der Waals surface area contributed by atoms with Crippen molar-refractivity contribution in [2.75, 3.05) is 6.61 Å². The summed E-state index contributed by atoms with van der Waals surface area (Å²) in [6.07, 6.45) is 6.00. The highest BCUT2D eigenvalue weighted by molar-refractivity contribution is 5.98. The molecule has 1 aromatic carbocycles. The number of carbonyl (C=O) groups excluding carboxylic acids is 2. The Morgan fingerprint density at radius 1 is 1.47 bits per heavy atom. The quantitative estimate of drug-likeness (QED) is 0.323. The Hall–Kier alpha value is -2.08. The molecule has 1 rings (SSSR count). The summed E-state index contributed by atoms with van der Waals surface area (Å²) in [5.41, 5.74) is 0.590. The predicted octanol–water partition coefficient (Wildman–Crippen LogP) is 1.68. The average Bonchev–Trinajstić information content (AvgIpc) is 2.29. The van der Waals surface area contributed by atoms with Crippen molar-refractivity contribution in [3.05, 3.63) is 35.4 Å². The molecule has 0 aliphatic heterocycles. The van der Waals surface area contributed by atoms with Gasteiger partial charge in [-0.1, -0.05) is 18.2 Å². The van der Waals surface area contributed by atoms with E-state index in [1.165, 1.54) is 0 Å². The van der Waals surface area contributed by atoms with Gasteiger partial charge in [-0.15, -0.1) is 12.3 Å². The normalized spacial score (nSPS) is 9.00. The summed E-state index contributed by atoms with van der Waals surface area (Å²) >= 11 is 0. The van der Waals surface area contributed by atoms with E-state index >= 15 is 0 Å². The molecule has 0 bridgehead atoms. The number of ether oxygens (including phenoxy) is 1. The number of terminal acetylenes is 1. The first-order valence-corrected chi connectivity index (χ1v) is 4.44. The lowest BCUT2D eigenvalue weighted by molar-refractivity contribution is 0.0511. The van der Waals surface area contributed by atoms with Crippen molar-refractivity contribution in [3.8, 4) is 12.3 Å². The molecule has 0 aliphatic rings. The van der Waals surface area contributed by atoms with E-state index in [-0.39, 0.29) is 12.2 Å². The summed E-state index contributed by atoms with van der Waals surface area (Å²) in [6, 6.07) is 6.46. The van der Waals surface area contributed by atoms with Gasteiger partial charge in [0.05, 0.1) is 5.56 Å². The summed E-state index contributed by atoms with van der Waals surface area (Å²) < 4.78 is 4.87. The van der Waals surface area contributed by atoms with Gasteiger partial charge in [0.25, 0.3) is 0 Å². The van der Waals surface area contributed by atoms with E-state index in [1.807, 2.05) is 0 Å². The molecule has 1 aromatic rings. The van der Waals surface area contributed by atoms with Gasteiger partial charge in [0.2, 0.25) is 0 Å². The first kappa shape index (κ1) is 11.0. The van der Waals surface area contributed by atoms with Gasteiger partial charge >= 0.3 is 5.97 Å². The molecule has 0 aromatic heterocycles. The first-order chi connectivity index (χ1) is 7.29. The molecule has 0 saturated carbocycles. The lowest BCUT2D eigenvalue weighted by Crippen LogP contribution is -2.08. The third-order valence-corrected chi connectivity index (χ3v) is 1.79. The highest BCUT2D eigenvalue weighted by Crippen LogP contribution is 2.07. The zero-order valence-corrected chi connectivity index (χ0v) is 8.10. The molecule has 3 heteroatoms. The fraction of sp³-hybridized carbons (Fsp3) is 0.167. The van der Waals surface area contributed by atoms with Crippen molar-refractivity contribution >= 4 is 12.3 Å². The molecule has 0 N–H and O–H groups in total. The second-order valence-electron chi connectivity index (χ2n) is 2.80. The third-order valence-electron chi connectivity index (χ3n) is 1.79. The number of aldehydes is 1. The standard InChI is InChI=1S/C12H10O3/c1-2-3-8-15-12(14)11-7-5-4-6-10(11)9-13/h1,4-7,9H,3,8H2. The summed E-state index contributed by atoms with van der Waals surface area (Å²) in [6.45, 7) is 0.169. The molecule has 3 nitrogen and oxygen atoms in total. The highest BCUT2D eigenvalue weighted by atomic mass is 16.5. The Kier molecular flexibility index (Phi) is 4.11. The second kappa shape index (κ2) is 5.61. The van der Waals surface area contributed by atoms with Gasteiger partial charge in [0, 0.05) is 12.0 Å². The SMILES string of the molecule is C#CCCOC(=O)c1ccccc1C=O. The Morgan fingerprint density at radius 2 is 2.20 bits per heavy atom. The molecular weight excluding hydrogens is 192 g/mol. The van der Waals surface area contributed by atoms with Crippen LogP contribution in [0.5, 0.6) is 0 Å². The smallest absolute Gasteiger partial charge is 0.338 e. The lowest BCUT2D eigenvalue weighted by Gasteiger charge is -2.04. The van der Waals surface area contributed by atoms with Gasteiger partial charge in [-0.2, -0.15) is 0 Å². The topological polar surface area (TPSA) is 43.4 Å². The third kappa shape index (κ3) is 2.96. The summed E-state index contributed by atoms with van der Waals surface area (Å²) in [5.74, 6) is 1.84. The molecule has 0 radical (unpaired) electrons. The highest BCUT2D eigenvalue weighted by Gasteiger charge is 2.10. The van der Waals surface area contributed by atoms with Crippen LogP contribution >= 0.6 is 0 Å². The van der Waals surface area contributed by atoms with E-state index in [2.05, 4.69) is 5.92 Å². The van der Waals surface area contributed by atoms with Gasteiger partial charge in [-0.25, -0.2) is 4.79 Å². The molecular formula is C12H10O3. The van der Waals surface area contributed by atoms with E-state index in [4.69, 9.17) is 11.2 Å². The van der Waals surface area contributed by atoms with Crippen LogP contribution in [0.2, 0.25) is 0 Å². The van der Waals surface area contributed by atoms with Crippen molar-refractivity contribution < 1.29 is 14.3 Å². The maximum Gasteiger partial charge on any atom is 0.338 e. The molecule has 0 atom stereocenters. The Balaban J connectivity index is 2.73. The van der Waals surface area contributed by atoms with Crippen molar-refractivity contribution in [1.82, 2.24) is 0 Å². The van der Waals surface area contributed by atoms with Crippen LogP contribution in [0.25, 0.3) is 0 Å². The maximum absolute atomic E-state index is 11.4. The first-order valence-electron chi connectivity index (χ1n) is 4.44. The van der Waals surface area contributed by atoms with E-state index in [9.17, 15) is 9.59 Å². The number of hydrogen-bond donors (Lipinski definition) is 0. The van der Waals surface area contributed by atoms with Gasteiger partial charge < -0.3 is 4.74 Å². The predicted molar refractivity (Wildman–Crippen MR) is 55.6 cm³/mol. The average molecular weight is 202 g/mol. The molecule has 76 valence electrons. The molecule has 0 aliphatic carbocycles. The Morgan fingerprint density at radius 3 is 2.87 bits per heavy atom. The molecule has 0 saturated heterocycles. The molecule has 0 fully saturated rings. The van der Waals surface area contributed by atoms with Crippen LogP contribution in [0.15, 0.2) is 24.3 Å². The second-order valence-corrected chi connectivity index (χ2v) is 2.80. The Labute approximate surface area is 88.1 Å². The summed E-state index contributed by atoms with van der Waals surface area (Å²) in [5, 5.41) is 0. The van der Waals surface area contributed by atoms with Crippen LogP contribution in [-0.4, -0.2) is 18.9 Å². The van der Waals surface area contributed by atoms with Crippen molar-refractivity contribution in [2.24, 2.45) is 0 Å². The van der Waals surface area contributed by atoms with Gasteiger partial charge in [-0.3, -0.25) is 4.79 Å². The molecule has 0 heterocycles. The van der Waals surface area contributed by atoms with Crippen molar-refractivity contribution in [1.29, 1.82) is 0 Å². The maximum atomic E-state index is 11.4. The minimum atomic E-state index is -0.520. The van der Waals surface area contributed by atoms with E-state index in [1.54, 1.807) is 24.3 Å². The minimum absolute atomic E-state index is 0.169. The molecule has 0 unspecified atom stereocenters. The summed E-state index contributed by atoms with van der Waals surface area (Å²) in [7, 11) is 0. The van der Waals surface area contributed by atoms with Crippen LogP contribution in [0.3, 0.4) is 0 Å². The van der Waals surface area contributed by atoms with Crippen LogP contribution in [-0.2, 0) is 4.74 Å². The van der Waals surface area contributed by atoms with Crippen LogP contribution in [0, 0.1) is 12.3 Å². The molecule has 0 spiro atoms. The number of hydrogen-bond acceptors (Lipinski definition) is 3. The van der Waals surface area contributed by atoms with Crippen molar-refractivity contribution in [3.63, 3.8) is 0 Å². The van der Waals surface area contributed by atoms with Crippen LogP contribution < -0.4 is 0 Å². The van der Waals surface area contributed by atoms with Gasteiger partial charge in [0.15, 0.2) is 6.29 Å². The largest absolute Gasteiger partial charge is 0.461 e. The molecule has 0 amide bonds. The number of esters is 1. The van der Waals surface area contributed by atoms with Gasteiger partial charge in [0.1, 0.15) is 6.61 Å². The summed E-state index contributed by atoms with van der Waals surface area (Å²) in [4.78, 5) is 22.1.